The van der Waals surface area contributed by atoms with Gasteiger partial charge in [0.1, 0.15) is 5.82 Å². The van der Waals surface area contributed by atoms with Crippen molar-refractivity contribution in [2.24, 2.45) is 0 Å². The number of nitrogens with zero attached hydrogens (tertiary/aromatic N) is 6. The van der Waals surface area contributed by atoms with Crippen LogP contribution in [0.4, 0.5) is 17.3 Å². The minimum absolute atomic E-state index is 0.373. The summed E-state index contributed by atoms with van der Waals surface area (Å²) in [5.41, 5.74) is 12.4. The van der Waals surface area contributed by atoms with Gasteiger partial charge in [0.25, 0.3) is 0 Å². The van der Waals surface area contributed by atoms with E-state index in [0.717, 1.165) is 39.0 Å². The van der Waals surface area contributed by atoms with Crippen LogP contribution in [-0.4, -0.2) is 29.9 Å². The van der Waals surface area contributed by atoms with Crippen molar-refractivity contribution in [1.82, 2.24) is 29.9 Å². The topological polar surface area (TPSA) is 107 Å². The SMILES string of the molecule is CC(C)c1cnnc(Nc2ccc3ncc(-c4cnn(Cc5cccc(N)c5)c4)cc3n2)c1. The summed E-state index contributed by atoms with van der Waals surface area (Å²) in [5, 5.41) is 16.0. The molecule has 0 aliphatic carbocycles. The Bertz CT molecular complexity index is 1420. The minimum Gasteiger partial charge on any atom is -0.399 e. The van der Waals surface area contributed by atoms with E-state index < -0.39 is 0 Å². The lowest BCUT2D eigenvalue weighted by Gasteiger charge is -2.09. The van der Waals surface area contributed by atoms with Crippen LogP contribution >= 0.6 is 0 Å². The fourth-order valence-corrected chi connectivity index (χ4v) is 3.60. The van der Waals surface area contributed by atoms with Gasteiger partial charge in [-0.25, -0.2) is 4.98 Å². The van der Waals surface area contributed by atoms with Gasteiger partial charge in [0.15, 0.2) is 5.82 Å². The van der Waals surface area contributed by atoms with Gasteiger partial charge in [-0.2, -0.15) is 10.2 Å². The first-order valence-electron chi connectivity index (χ1n) is 10.8. The van der Waals surface area contributed by atoms with Crippen LogP contribution in [0, 0.1) is 0 Å². The number of hydrogen-bond acceptors (Lipinski definition) is 7. The van der Waals surface area contributed by atoms with Crippen LogP contribution in [0.1, 0.15) is 30.9 Å². The highest BCUT2D eigenvalue weighted by Gasteiger charge is 2.08. The molecular formula is C25H24N8. The fourth-order valence-electron chi connectivity index (χ4n) is 3.60. The Labute approximate surface area is 191 Å². The molecule has 8 heteroatoms. The van der Waals surface area contributed by atoms with Gasteiger partial charge in [0.2, 0.25) is 0 Å². The van der Waals surface area contributed by atoms with E-state index in [1.165, 1.54) is 0 Å². The second kappa shape index (κ2) is 8.66. The molecule has 164 valence electrons. The van der Waals surface area contributed by atoms with Gasteiger partial charge in [0, 0.05) is 29.2 Å². The highest BCUT2D eigenvalue weighted by molar-refractivity contribution is 5.81. The molecule has 3 N–H and O–H groups in total. The Balaban J connectivity index is 1.39. The van der Waals surface area contributed by atoms with Crippen LogP contribution in [0.5, 0.6) is 0 Å². The number of nitrogen functional groups attached to an aromatic ring is 1. The quantitative estimate of drug-likeness (QED) is 0.369. The molecule has 0 radical (unpaired) electrons. The molecule has 0 unspecified atom stereocenters. The summed E-state index contributed by atoms with van der Waals surface area (Å²) >= 11 is 0. The Hall–Kier alpha value is -4.33. The summed E-state index contributed by atoms with van der Waals surface area (Å²) in [6.07, 6.45) is 7.47. The number of nitrogens with two attached hydrogens (primary N) is 1. The zero-order valence-corrected chi connectivity index (χ0v) is 18.5. The fraction of sp³-hybridized carbons (Fsp3) is 0.160. The van der Waals surface area contributed by atoms with Crippen LogP contribution in [0.2, 0.25) is 0 Å². The molecule has 0 atom stereocenters. The van der Waals surface area contributed by atoms with Gasteiger partial charge in [-0.1, -0.05) is 26.0 Å². The van der Waals surface area contributed by atoms with Gasteiger partial charge < -0.3 is 11.1 Å². The summed E-state index contributed by atoms with van der Waals surface area (Å²) in [7, 11) is 0. The molecule has 33 heavy (non-hydrogen) atoms. The van der Waals surface area contributed by atoms with Crippen molar-refractivity contribution in [3.8, 4) is 11.1 Å². The van der Waals surface area contributed by atoms with Gasteiger partial charge in [0.05, 0.1) is 30.0 Å². The third kappa shape index (κ3) is 4.64. The summed E-state index contributed by atoms with van der Waals surface area (Å²) < 4.78 is 1.89. The molecule has 0 aliphatic rings. The number of aromatic nitrogens is 6. The molecule has 0 fully saturated rings. The van der Waals surface area contributed by atoms with Crippen LogP contribution in [0.25, 0.3) is 22.2 Å². The standard InChI is InChI=1S/C25H24N8/c1-16(2)18-10-25(32-28-12-18)31-24-7-6-22-23(30-24)9-19(11-27-22)20-13-29-33(15-20)14-17-4-3-5-21(26)8-17/h3-13,15-16H,14,26H2,1-2H3,(H,30,31,32). The summed E-state index contributed by atoms with van der Waals surface area (Å²) in [5.74, 6) is 1.73. The average molecular weight is 437 g/mol. The van der Waals surface area contributed by atoms with E-state index in [1.54, 1.807) is 6.20 Å². The van der Waals surface area contributed by atoms with Gasteiger partial charge >= 0.3 is 0 Å². The smallest absolute Gasteiger partial charge is 0.154 e. The first kappa shape index (κ1) is 20.6. The lowest BCUT2D eigenvalue weighted by atomic mass is 10.1. The third-order valence-corrected chi connectivity index (χ3v) is 5.40. The van der Waals surface area contributed by atoms with Crippen molar-refractivity contribution in [3.63, 3.8) is 0 Å². The summed E-state index contributed by atoms with van der Waals surface area (Å²) in [6, 6.07) is 15.7. The highest BCUT2D eigenvalue weighted by atomic mass is 15.3. The van der Waals surface area contributed by atoms with Crippen molar-refractivity contribution >= 4 is 28.4 Å². The molecule has 0 saturated heterocycles. The lowest BCUT2D eigenvalue weighted by Crippen LogP contribution is -2.00. The predicted molar refractivity (Wildman–Crippen MR) is 130 cm³/mol. The van der Waals surface area contributed by atoms with Crippen LogP contribution in [0.3, 0.4) is 0 Å². The number of rotatable bonds is 6. The predicted octanol–water partition coefficient (Wildman–Crippen LogP) is 4.78. The molecule has 0 spiro atoms. The van der Waals surface area contributed by atoms with E-state index in [4.69, 9.17) is 10.7 Å². The van der Waals surface area contributed by atoms with E-state index in [0.29, 0.717) is 24.1 Å². The lowest BCUT2D eigenvalue weighted by molar-refractivity contribution is 0.687. The van der Waals surface area contributed by atoms with Gasteiger partial charge in [-0.05, 0) is 53.4 Å². The molecule has 4 aromatic heterocycles. The van der Waals surface area contributed by atoms with E-state index in [-0.39, 0.29) is 0 Å². The van der Waals surface area contributed by atoms with Crippen molar-refractivity contribution < 1.29 is 0 Å². The second-order valence-corrected chi connectivity index (χ2v) is 8.28. The van der Waals surface area contributed by atoms with Gasteiger partial charge in [-0.15, -0.1) is 5.10 Å². The van der Waals surface area contributed by atoms with Crippen molar-refractivity contribution in [2.75, 3.05) is 11.1 Å². The first-order valence-corrected chi connectivity index (χ1v) is 10.8. The van der Waals surface area contributed by atoms with E-state index >= 15 is 0 Å². The van der Waals surface area contributed by atoms with Crippen molar-refractivity contribution in [3.05, 3.63) is 84.4 Å². The molecule has 5 rings (SSSR count). The number of fused-ring (bicyclic) bond motifs is 1. The normalized spacial score (nSPS) is 11.2. The maximum atomic E-state index is 5.89. The Morgan fingerprint density at radius 3 is 2.70 bits per heavy atom. The van der Waals surface area contributed by atoms with E-state index in [9.17, 15) is 0 Å². The molecule has 4 heterocycles. The Kier molecular flexibility index (Phi) is 5.40. The van der Waals surface area contributed by atoms with E-state index in [2.05, 4.69) is 39.4 Å². The molecule has 8 nitrogen and oxygen atoms in total. The highest BCUT2D eigenvalue weighted by Crippen LogP contribution is 2.24. The van der Waals surface area contributed by atoms with Crippen LogP contribution in [-0.2, 0) is 6.54 Å². The van der Waals surface area contributed by atoms with Crippen LogP contribution in [0.15, 0.2) is 73.3 Å². The minimum atomic E-state index is 0.373. The largest absolute Gasteiger partial charge is 0.399 e. The molecular weight excluding hydrogens is 412 g/mol. The number of benzene rings is 1. The zero-order valence-electron chi connectivity index (χ0n) is 18.5. The molecule has 1 aromatic carbocycles. The number of hydrogen-bond donors (Lipinski definition) is 2. The van der Waals surface area contributed by atoms with Gasteiger partial charge in [-0.3, -0.25) is 9.67 Å². The molecule has 0 bridgehead atoms. The maximum absolute atomic E-state index is 5.89. The number of pyridine rings is 2. The number of anilines is 3. The summed E-state index contributed by atoms with van der Waals surface area (Å²) in [4.78, 5) is 9.31. The number of nitrogens with one attached hydrogen (secondary N) is 1. The monoisotopic (exact) mass is 436 g/mol. The molecule has 0 amide bonds. The van der Waals surface area contributed by atoms with Crippen LogP contribution < -0.4 is 11.1 Å². The molecule has 0 saturated carbocycles. The summed E-state index contributed by atoms with van der Waals surface area (Å²) in [6.45, 7) is 4.90. The van der Waals surface area contributed by atoms with Crippen molar-refractivity contribution in [2.45, 2.75) is 26.3 Å². The Morgan fingerprint density at radius 1 is 0.939 bits per heavy atom. The van der Waals surface area contributed by atoms with E-state index in [1.807, 2.05) is 71.8 Å². The zero-order chi connectivity index (χ0) is 22.8. The molecule has 0 aliphatic heterocycles. The second-order valence-electron chi connectivity index (χ2n) is 8.28. The molecule has 5 aromatic rings. The third-order valence-electron chi connectivity index (χ3n) is 5.40. The van der Waals surface area contributed by atoms with Crippen molar-refractivity contribution in [1.29, 1.82) is 0 Å². The Morgan fingerprint density at radius 2 is 1.85 bits per heavy atom. The average Bonchev–Trinajstić information content (AvgIpc) is 3.27. The first-order chi connectivity index (χ1) is 16.0. The maximum Gasteiger partial charge on any atom is 0.154 e.